The number of hydrogen-bond donors (Lipinski definition) is 1. The molecule has 1 N–H and O–H groups in total. The molecular formula is C11H24O2. The Balaban J connectivity index is 0.000000223. The van der Waals surface area contributed by atoms with Crippen LogP contribution < -0.4 is 0 Å². The van der Waals surface area contributed by atoms with Crippen molar-refractivity contribution in [1.82, 2.24) is 0 Å². The summed E-state index contributed by atoms with van der Waals surface area (Å²) in [5.41, 5.74) is 0. The van der Waals surface area contributed by atoms with Crippen LogP contribution in [0, 0.1) is 0 Å². The second kappa shape index (κ2) is 10.0. The maximum Gasteiger partial charge on any atom is 0.0547 e. The molecule has 1 unspecified atom stereocenters. The van der Waals surface area contributed by atoms with Gasteiger partial charge in [-0.15, -0.1) is 0 Å². The second-order valence-electron chi connectivity index (χ2n) is 3.61. The number of aliphatic hydroxyl groups is 1. The van der Waals surface area contributed by atoms with Crippen molar-refractivity contribution in [1.29, 1.82) is 0 Å². The van der Waals surface area contributed by atoms with Gasteiger partial charge in [0.1, 0.15) is 0 Å². The fourth-order valence-corrected chi connectivity index (χ4v) is 1.28. The molecule has 1 aliphatic heterocycles. The van der Waals surface area contributed by atoms with Gasteiger partial charge in [-0.1, -0.05) is 26.2 Å². The lowest BCUT2D eigenvalue weighted by molar-refractivity contribution is 0.125. The molecule has 80 valence electrons. The predicted molar refractivity (Wildman–Crippen MR) is 55.9 cm³/mol. The number of aliphatic hydroxyl groups excluding tert-OH is 1. The Bertz CT molecular complexity index is 84.1. The summed E-state index contributed by atoms with van der Waals surface area (Å²) in [6.07, 6.45) is 7.76. The highest BCUT2D eigenvalue weighted by molar-refractivity contribution is 4.56. The molecule has 1 heterocycles. The van der Waals surface area contributed by atoms with E-state index in [1.165, 1.54) is 32.1 Å². The Kier molecular flexibility index (Phi) is 9.94. The highest BCUT2D eigenvalue weighted by Gasteiger charge is 2.07. The van der Waals surface area contributed by atoms with Crippen LogP contribution in [0.3, 0.4) is 0 Å². The zero-order chi connectivity index (χ0) is 9.94. The predicted octanol–water partition coefficient (Wildman–Crippen LogP) is 2.74. The monoisotopic (exact) mass is 188 g/mol. The van der Waals surface area contributed by atoms with E-state index in [0.29, 0.717) is 12.7 Å². The van der Waals surface area contributed by atoms with E-state index in [9.17, 15) is 0 Å². The van der Waals surface area contributed by atoms with Crippen molar-refractivity contribution < 1.29 is 9.84 Å². The lowest BCUT2D eigenvalue weighted by Gasteiger charge is -1.94. The van der Waals surface area contributed by atoms with Crippen LogP contribution in [0.25, 0.3) is 0 Å². The van der Waals surface area contributed by atoms with Crippen LogP contribution in [0.1, 0.15) is 52.4 Å². The smallest absolute Gasteiger partial charge is 0.0547 e. The molecule has 2 heteroatoms. The Morgan fingerprint density at radius 1 is 1.31 bits per heavy atom. The van der Waals surface area contributed by atoms with Gasteiger partial charge >= 0.3 is 0 Å². The van der Waals surface area contributed by atoms with Gasteiger partial charge in [0.05, 0.1) is 6.10 Å². The maximum atomic E-state index is 8.29. The third-order valence-electron chi connectivity index (χ3n) is 2.17. The lowest BCUT2D eigenvalue weighted by atomic mass is 10.2. The molecule has 13 heavy (non-hydrogen) atoms. The Morgan fingerprint density at radius 3 is 2.38 bits per heavy atom. The van der Waals surface area contributed by atoms with Crippen molar-refractivity contribution in [2.24, 2.45) is 0 Å². The van der Waals surface area contributed by atoms with Gasteiger partial charge in [-0.25, -0.2) is 0 Å². The number of rotatable bonds is 4. The van der Waals surface area contributed by atoms with Gasteiger partial charge in [0.15, 0.2) is 0 Å². The first-order valence-corrected chi connectivity index (χ1v) is 5.53. The molecule has 1 atom stereocenters. The van der Waals surface area contributed by atoms with E-state index in [-0.39, 0.29) is 0 Å². The number of ether oxygens (including phenoxy) is 1. The molecule has 1 saturated heterocycles. The van der Waals surface area contributed by atoms with E-state index in [2.05, 4.69) is 13.8 Å². The molecule has 1 fully saturated rings. The molecule has 0 spiro atoms. The van der Waals surface area contributed by atoms with Crippen molar-refractivity contribution in [2.45, 2.75) is 58.5 Å². The van der Waals surface area contributed by atoms with Gasteiger partial charge in [-0.2, -0.15) is 0 Å². The van der Waals surface area contributed by atoms with Gasteiger partial charge < -0.3 is 9.84 Å². The van der Waals surface area contributed by atoms with Gasteiger partial charge in [-0.05, 0) is 26.2 Å². The highest BCUT2D eigenvalue weighted by atomic mass is 16.5. The van der Waals surface area contributed by atoms with E-state index in [1.807, 2.05) is 0 Å². The Labute approximate surface area is 82.3 Å². The first-order chi connectivity index (χ1) is 6.31. The fourth-order valence-electron chi connectivity index (χ4n) is 1.28. The van der Waals surface area contributed by atoms with Crippen LogP contribution in [0.2, 0.25) is 0 Å². The highest BCUT2D eigenvalue weighted by Crippen LogP contribution is 2.09. The van der Waals surface area contributed by atoms with Crippen molar-refractivity contribution in [3.8, 4) is 0 Å². The average Bonchev–Trinajstić information content (AvgIpc) is 2.58. The summed E-state index contributed by atoms with van der Waals surface area (Å²) in [5.74, 6) is 0. The van der Waals surface area contributed by atoms with Gasteiger partial charge in [0, 0.05) is 13.2 Å². The standard InChI is InChI=1S/C6H14O.C5H10O/c1-2-3-4-5-6-7;1-5-3-2-4-6-5/h7H,2-6H2,1H3;5H,2-4H2,1H3. The molecule has 1 aliphatic rings. The molecule has 0 radical (unpaired) electrons. The molecule has 0 aromatic heterocycles. The molecular weight excluding hydrogens is 164 g/mol. The lowest BCUT2D eigenvalue weighted by Crippen LogP contribution is -1.94. The van der Waals surface area contributed by atoms with Crippen molar-refractivity contribution in [2.75, 3.05) is 13.2 Å². The number of unbranched alkanes of at least 4 members (excludes halogenated alkanes) is 3. The summed E-state index contributed by atoms with van der Waals surface area (Å²) >= 11 is 0. The quantitative estimate of drug-likeness (QED) is 0.687. The zero-order valence-corrected chi connectivity index (χ0v) is 9.09. The molecule has 0 saturated carbocycles. The average molecular weight is 188 g/mol. The summed E-state index contributed by atoms with van der Waals surface area (Å²) < 4.78 is 5.15. The van der Waals surface area contributed by atoms with Crippen molar-refractivity contribution in [3.05, 3.63) is 0 Å². The Morgan fingerprint density at radius 2 is 2.08 bits per heavy atom. The summed E-state index contributed by atoms with van der Waals surface area (Å²) in [7, 11) is 0. The third-order valence-corrected chi connectivity index (χ3v) is 2.17. The maximum absolute atomic E-state index is 8.29. The topological polar surface area (TPSA) is 29.5 Å². The molecule has 0 aromatic carbocycles. The van der Waals surface area contributed by atoms with Crippen LogP contribution in [-0.2, 0) is 4.74 Å². The minimum absolute atomic E-state index is 0.361. The van der Waals surface area contributed by atoms with Crippen molar-refractivity contribution in [3.63, 3.8) is 0 Å². The summed E-state index contributed by atoms with van der Waals surface area (Å²) in [6, 6.07) is 0. The normalized spacial score (nSPS) is 21.0. The van der Waals surface area contributed by atoms with E-state index in [0.717, 1.165) is 13.0 Å². The van der Waals surface area contributed by atoms with Gasteiger partial charge in [0.25, 0.3) is 0 Å². The van der Waals surface area contributed by atoms with Crippen molar-refractivity contribution >= 4 is 0 Å². The van der Waals surface area contributed by atoms with Gasteiger partial charge in [-0.3, -0.25) is 0 Å². The molecule has 2 nitrogen and oxygen atoms in total. The minimum Gasteiger partial charge on any atom is -0.396 e. The molecule has 0 bridgehead atoms. The van der Waals surface area contributed by atoms with Crippen LogP contribution in [0.4, 0.5) is 0 Å². The van der Waals surface area contributed by atoms with Crippen LogP contribution in [0.15, 0.2) is 0 Å². The largest absolute Gasteiger partial charge is 0.396 e. The molecule has 0 amide bonds. The van der Waals surface area contributed by atoms with Crippen LogP contribution in [-0.4, -0.2) is 24.4 Å². The molecule has 1 rings (SSSR count). The minimum atomic E-state index is 0.361. The SMILES string of the molecule is CC1CCCO1.CCCCCCO. The second-order valence-corrected chi connectivity index (χ2v) is 3.61. The first-order valence-electron chi connectivity index (χ1n) is 5.53. The van der Waals surface area contributed by atoms with E-state index >= 15 is 0 Å². The number of hydrogen-bond acceptors (Lipinski definition) is 2. The summed E-state index contributed by atoms with van der Waals surface area (Å²) in [4.78, 5) is 0. The third kappa shape index (κ3) is 9.84. The van der Waals surface area contributed by atoms with E-state index in [1.54, 1.807) is 0 Å². The van der Waals surface area contributed by atoms with E-state index in [4.69, 9.17) is 9.84 Å². The first kappa shape index (κ1) is 12.9. The van der Waals surface area contributed by atoms with E-state index < -0.39 is 0 Å². The fraction of sp³-hybridized carbons (Fsp3) is 1.00. The summed E-state index contributed by atoms with van der Waals surface area (Å²) in [5, 5.41) is 8.29. The van der Waals surface area contributed by atoms with Crippen LogP contribution in [0.5, 0.6) is 0 Å². The summed E-state index contributed by atoms with van der Waals surface area (Å²) in [6.45, 7) is 5.63. The zero-order valence-electron chi connectivity index (χ0n) is 9.09. The molecule has 0 aliphatic carbocycles. The van der Waals surface area contributed by atoms with Gasteiger partial charge in [0.2, 0.25) is 0 Å². The Hall–Kier alpha value is -0.0800. The van der Waals surface area contributed by atoms with Crippen LogP contribution >= 0.6 is 0 Å². The molecule has 0 aromatic rings.